The van der Waals surface area contributed by atoms with Crippen LogP contribution in [0.25, 0.3) is 0 Å². The molecule has 1 saturated carbocycles. The van der Waals surface area contributed by atoms with Crippen molar-refractivity contribution < 1.29 is 9.18 Å². The van der Waals surface area contributed by atoms with E-state index in [1.54, 1.807) is 17.8 Å². The number of rotatable bonds is 4. The minimum Gasteiger partial charge on any atom is -0.293 e. The molecule has 0 bridgehead atoms. The van der Waals surface area contributed by atoms with Crippen LogP contribution in [0.2, 0.25) is 5.02 Å². The quantitative estimate of drug-likeness (QED) is 0.759. The Morgan fingerprint density at radius 1 is 1.41 bits per heavy atom. The number of benzene rings is 1. The highest BCUT2D eigenvalue weighted by Crippen LogP contribution is 2.30. The molecule has 2 rings (SSSR count). The van der Waals surface area contributed by atoms with Crippen molar-refractivity contribution in [3.63, 3.8) is 0 Å². The number of hydrogen-bond donors (Lipinski definition) is 0. The lowest BCUT2D eigenvalue weighted by Gasteiger charge is -2.08. The Balaban J connectivity index is 1.94. The van der Waals surface area contributed by atoms with Crippen molar-refractivity contribution in [2.75, 3.05) is 5.75 Å². The molecule has 0 atom stereocenters. The zero-order valence-electron chi connectivity index (χ0n) is 9.42. The minimum absolute atomic E-state index is 0.143. The smallest absolute Gasteiger partial charge is 0.175 e. The summed E-state index contributed by atoms with van der Waals surface area (Å²) in [7, 11) is 0. The second-order valence-corrected chi connectivity index (χ2v) is 5.99. The number of carbonyl (C=O) groups is 1. The standard InChI is InChI=1S/C13H14ClFOS/c14-9-5-6-11(12(15)7-9)13(16)8-17-10-3-1-2-4-10/h5-7,10H,1-4,8H2. The first kappa shape index (κ1) is 12.9. The van der Waals surface area contributed by atoms with E-state index in [2.05, 4.69) is 0 Å². The van der Waals surface area contributed by atoms with Gasteiger partial charge >= 0.3 is 0 Å². The fourth-order valence-corrected chi connectivity index (χ4v) is 3.41. The number of halogens is 2. The molecule has 1 aromatic carbocycles. The maximum absolute atomic E-state index is 13.5. The predicted octanol–water partition coefficient (Wildman–Crippen LogP) is 4.34. The van der Waals surface area contributed by atoms with E-state index >= 15 is 0 Å². The van der Waals surface area contributed by atoms with Crippen LogP contribution in [0, 0.1) is 5.82 Å². The Bertz CT molecular complexity index is 416. The zero-order chi connectivity index (χ0) is 12.3. The van der Waals surface area contributed by atoms with Crippen molar-refractivity contribution in [1.29, 1.82) is 0 Å². The number of carbonyl (C=O) groups excluding carboxylic acids is 1. The second-order valence-electron chi connectivity index (χ2n) is 4.26. The van der Waals surface area contributed by atoms with E-state index < -0.39 is 5.82 Å². The lowest BCUT2D eigenvalue weighted by molar-refractivity contribution is 0.101. The van der Waals surface area contributed by atoms with E-state index in [0.717, 1.165) is 0 Å². The Labute approximate surface area is 110 Å². The highest BCUT2D eigenvalue weighted by Gasteiger charge is 2.18. The Hall–Kier alpha value is -0.540. The summed E-state index contributed by atoms with van der Waals surface area (Å²) < 4.78 is 13.5. The maximum atomic E-state index is 13.5. The lowest BCUT2D eigenvalue weighted by atomic mass is 10.1. The zero-order valence-corrected chi connectivity index (χ0v) is 11.0. The van der Waals surface area contributed by atoms with Gasteiger partial charge < -0.3 is 0 Å². The molecule has 4 heteroatoms. The van der Waals surface area contributed by atoms with E-state index in [0.29, 0.717) is 16.0 Å². The fourth-order valence-electron chi connectivity index (χ4n) is 2.04. The van der Waals surface area contributed by atoms with Gasteiger partial charge in [0.15, 0.2) is 5.78 Å². The molecular formula is C13H14ClFOS. The van der Waals surface area contributed by atoms with Crippen LogP contribution < -0.4 is 0 Å². The van der Waals surface area contributed by atoms with Crippen LogP contribution in [0.3, 0.4) is 0 Å². The van der Waals surface area contributed by atoms with Gasteiger partial charge in [0.05, 0.1) is 11.3 Å². The van der Waals surface area contributed by atoms with E-state index in [-0.39, 0.29) is 11.3 Å². The normalized spacial score (nSPS) is 16.4. The molecule has 0 N–H and O–H groups in total. The molecule has 0 spiro atoms. The third-order valence-corrected chi connectivity index (χ3v) is 4.59. The third kappa shape index (κ3) is 3.46. The van der Waals surface area contributed by atoms with E-state index in [1.807, 2.05) is 0 Å². The first-order chi connectivity index (χ1) is 8.16. The molecule has 0 amide bonds. The summed E-state index contributed by atoms with van der Waals surface area (Å²) in [5, 5.41) is 0.900. The van der Waals surface area contributed by atoms with Crippen molar-refractivity contribution in [1.82, 2.24) is 0 Å². The number of ketones is 1. The van der Waals surface area contributed by atoms with E-state index in [4.69, 9.17) is 11.6 Å². The first-order valence-corrected chi connectivity index (χ1v) is 7.19. The molecule has 0 saturated heterocycles. The van der Waals surface area contributed by atoms with Gasteiger partial charge in [0, 0.05) is 10.3 Å². The van der Waals surface area contributed by atoms with Crippen LogP contribution in [0.15, 0.2) is 18.2 Å². The maximum Gasteiger partial charge on any atom is 0.175 e. The average Bonchev–Trinajstić information content (AvgIpc) is 2.78. The summed E-state index contributed by atoms with van der Waals surface area (Å²) in [6.45, 7) is 0. The molecule has 92 valence electrons. The van der Waals surface area contributed by atoms with E-state index in [1.165, 1.54) is 37.8 Å². The molecular weight excluding hydrogens is 259 g/mol. The van der Waals surface area contributed by atoms with Crippen LogP contribution in [0.5, 0.6) is 0 Å². The summed E-state index contributed by atoms with van der Waals surface area (Å²) in [5.74, 6) is -0.297. The number of Topliss-reactive ketones (excluding diaryl/α,β-unsaturated/α-hetero) is 1. The molecule has 1 aliphatic rings. The second kappa shape index (κ2) is 5.87. The van der Waals surface area contributed by atoms with Crippen molar-refractivity contribution in [2.45, 2.75) is 30.9 Å². The van der Waals surface area contributed by atoms with Gasteiger partial charge in [-0.15, -0.1) is 0 Å². The molecule has 1 aromatic rings. The highest BCUT2D eigenvalue weighted by molar-refractivity contribution is 8.00. The topological polar surface area (TPSA) is 17.1 Å². The highest BCUT2D eigenvalue weighted by atomic mass is 35.5. The molecule has 0 unspecified atom stereocenters. The predicted molar refractivity (Wildman–Crippen MR) is 70.5 cm³/mol. The SMILES string of the molecule is O=C(CSC1CCCC1)c1ccc(Cl)cc1F. The van der Waals surface area contributed by atoms with Crippen LogP contribution in [0.4, 0.5) is 4.39 Å². The summed E-state index contributed by atoms with van der Waals surface area (Å²) >= 11 is 7.30. The van der Waals surface area contributed by atoms with Crippen LogP contribution in [0.1, 0.15) is 36.0 Å². The molecule has 1 nitrogen and oxygen atoms in total. The first-order valence-electron chi connectivity index (χ1n) is 5.76. The fraction of sp³-hybridized carbons (Fsp3) is 0.462. The van der Waals surface area contributed by atoms with Gasteiger partial charge in [-0.2, -0.15) is 11.8 Å². The number of hydrogen-bond acceptors (Lipinski definition) is 2. The summed E-state index contributed by atoms with van der Waals surface area (Å²) in [6.07, 6.45) is 4.87. The Kier molecular flexibility index (Phi) is 4.46. The monoisotopic (exact) mass is 272 g/mol. The minimum atomic E-state index is -0.519. The van der Waals surface area contributed by atoms with Gasteiger partial charge in [-0.3, -0.25) is 4.79 Å². The van der Waals surface area contributed by atoms with E-state index in [9.17, 15) is 9.18 Å². The summed E-state index contributed by atoms with van der Waals surface area (Å²) in [6, 6.07) is 4.21. The van der Waals surface area contributed by atoms with Crippen LogP contribution in [-0.2, 0) is 0 Å². The lowest BCUT2D eigenvalue weighted by Crippen LogP contribution is -2.08. The molecule has 0 radical (unpaired) electrons. The van der Waals surface area contributed by atoms with Gasteiger partial charge in [0.1, 0.15) is 5.82 Å². The van der Waals surface area contributed by atoms with Crippen LogP contribution >= 0.6 is 23.4 Å². The largest absolute Gasteiger partial charge is 0.293 e. The molecule has 0 aromatic heterocycles. The van der Waals surface area contributed by atoms with Crippen LogP contribution in [-0.4, -0.2) is 16.8 Å². The molecule has 1 aliphatic carbocycles. The van der Waals surface area contributed by atoms with Gasteiger partial charge in [-0.1, -0.05) is 24.4 Å². The molecule has 0 heterocycles. The van der Waals surface area contributed by atoms with Gasteiger partial charge in [0.2, 0.25) is 0 Å². The molecule has 0 aliphatic heterocycles. The number of thioether (sulfide) groups is 1. The Morgan fingerprint density at radius 3 is 2.76 bits per heavy atom. The van der Waals surface area contributed by atoms with Gasteiger partial charge in [0.25, 0.3) is 0 Å². The van der Waals surface area contributed by atoms with Gasteiger partial charge in [-0.05, 0) is 31.0 Å². The van der Waals surface area contributed by atoms with Crippen molar-refractivity contribution >= 4 is 29.1 Å². The average molecular weight is 273 g/mol. The summed E-state index contributed by atoms with van der Waals surface area (Å²) in [4.78, 5) is 11.8. The van der Waals surface area contributed by atoms with Crippen molar-refractivity contribution in [2.24, 2.45) is 0 Å². The Morgan fingerprint density at radius 2 is 2.12 bits per heavy atom. The molecule has 1 fully saturated rings. The summed E-state index contributed by atoms with van der Waals surface area (Å²) in [5.41, 5.74) is 0.153. The van der Waals surface area contributed by atoms with Crippen molar-refractivity contribution in [3.8, 4) is 0 Å². The molecule has 17 heavy (non-hydrogen) atoms. The van der Waals surface area contributed by atoms with Gasteiger partial charge in [-0.25, -0.2) is 4.39 Å². The third-order valence-electron chi connectivity index (χ3n) is 2.98. The van der Waals surface area contributed by atoms with Crippen molar-refractivity contribution in [3.05, 3.63) is 34.6 Å².